The second-order valence-corrected chi connectivity index (χ2v) is 11.3. The molecule has 0 atom stereocenters. The van der Waals surface area contributed by atoms with Crippen molar-refractivity contribution in [3.63, 3.8) is 0 Å². The van der Waals surface area contributed by atoms with Crippen LogP contribution >= 0.6 is 38.5 Å². The Morgan fingerprint density at radius 3 is 2.66 bits per heavy atom. The molecule has 0 N–H and O–H groups in total. The van der Waals surface area contributed by atoms with Crippen molar-refractivity contribution in [3.8, 4) is 5.75 Å². The lowest BCUT2D eigenvalue weighted by atomic mass is 9.95. The minimum Gasteiger partial charge on any atom is -0.483 e. The van der Waals surface area contributed by atoms with E-state index in [1.54, 1.807) is 23.2 Å². The van der Waals surface area contributed by atoms with Gasteiger partial charge in [-0.2, -0.15) is 9.78 Å². The van der Waals surface area contributed by atoms with Crippen LogP contribution in [0.1, 0.15) is 32.2 Å². The van der Waals surface area contributed by atoms with E-state index in [-0.39, 0.29) is 18.1 Å². The monoisotopic (exact) mass is 652 g/mol. The van der Waals surface area contributed by atoms with Crippen molar-refractivity contribution in [1.82, 2.24) is 14.6 Å². The highest BCUT2D eigenvalue weighted by Crippen LogP contribution is 2.24. The van der Waals surface area contributed by atoms with E-state index in [4.69, 9.17) is 14.5 Å². The van der Waals surface area contributed by atoms with Crippen LogP contribution in [0.3, 0.4) is 0 Å². The molecule has 1 aliphatic heterocycles. The number of amides is 1. The number of hydrogen-bond donors (Lipinski definition) is 0. The Hall–Kier alpha value is -2.31. The minimum absolute atomic E-state index is 0.0217. The van der Waals surface area contributed by atoms with Gasteiger partial charge >= 0.3 is 0 Å². The van der Waals surface area contributed by atoms with Crippen molar-refractivity contribution >= 4 is 61.5 Å². The van der Waals surface area contributed by atoms with Gasteiger partial charge in [-0.25, -0.2) is 4.98 Å². The number of carbonyl (C=O) groups is 1. The third kappa shape index (κ3) is 6.10. The zero-order chi connectivity index (χ0) is 25.2. The van der Waals surface area contributed by atoms with Crippen molar-refractivity contribution in [3.05, 3.63) is 66.2 Å². The number of nitrogens with zero attached hydrogens (tertiary/aromatic N) is 4. The largest absolute Gasteiger partial charge is 0.483 e. The fourth-order valence-electron chi connectivity index (χ4n) is 3.62. The molecule has 1 amide bonds. The first kappa shape index (κ1) is 25.8. The molecule has 10 heteroatoms. The Bertz CT molecular complexity index is 1340. The standard InChI is InChI=1S/C25H26BrIN4O4/c1-25(2,3)24-29-20-6-5-17(26)13-18(20)23(33)31(24)28-14-16-4-7-21(19(27)12-16)35-15-22(32)30-8-10-34-11-9-30/h4-7,12-14H,8-11,15H2,1-3H3. The number of carbonyl (C=O) groups excluding carboxylic acids is 1. The number of benzene rings is 2. The van der Waals surface area contributed by atoms with Gasteiger partial charge in [-0.3, -0.25) is 9.59 Å². The molecule has 0 aliphatic carbocycles. The molecule has 1 saturated heterocycles. The Balaban J connectivity index is 1.57. The summed E-state index contributed by atoms with van der Waals surface area (Å²) in [5, 5.41) is 5.01. The molecule has 2 heterocycles. The van der Waals surface area contributed by atoms with E-state index in [0.29, 0.717) is 48.8 Å². The Kier molecular flexibility index (Phi) is 7.92. The lowest BCUT2D eigenvalue weighted by Gasteiger charge is -2.26. The lowest BCUT2D eigenvalue weighted by Crippen LogP contribution is -2.43. The SMILES string of the molecule is CC(C)(C)c1nc2ccc(Br)cc2c(=O)n1N=Cc1ccc(OCC(=O)N2CCOCC2)c(I)c1. The molecule has 1 aliphatic rings. The van der Waals surface area contributed by atoms with E-state index < -0.39 is 5.41 Å². The molecule has 3 aromatic rings. The molecule has 4 rings (SSSR count). The maximum absolute atomic E-state index is 13.3. The van der Waals surface area contributed by atoms with Gasteiger partial charge in [0.15, 0.2) is 6.61 Å². The molecule has 0 unspecified atom stereocenters. The number of rotatable bonds is 5. The van der Waals surface area contributed by atoms with Crippen LogP contribution in [0.4, 0.5) is 0 Å². The van der Waals surface area contributed by atoms with Crippen molar-refractivity contribution in [2.45, 2.75) is 26.2 Å². The van der Waals surface area contributed by atoms with Crippen LogP contribution in [-0.4, -0.2) is 59.6 Å². The first-order valence-electron chi connectivity index (χ1n) is 11.2. The average molecular weight is 653 g/mol. The number of fused-ring (bicyclic) bond motifs is 1. The number of ether oxygens (including phenoxy) is 2. The lowest BCUT2D eigenvalue weighted by molar-refractivity contribution is -0.137. The molecule has 0 spiro atoms. The summed E-state index contributed by atoms with van der Waals surface area (Å²) in [6, 6.07) is 11.0. The van der Waals surface area contributed by atoms with Gasteiger partial charge in [0.05, 0.1) is 33.9 Å². The van der Waals surface area contributed by atoms with Crippen LogP contribution in [0.2, 0.25) is 0 Å². The highest BCUT2D eigenvalue weighted by atomic mass is 127. The Labute approximate surface area is 225 Å². The fourth-order valence-corrected chi connectivity index (χ4v) is 4.68. The number of aromatic nitrogens is 2. The Morgan fingerprint density at radius 1 is 1.23 bits per heavy atom. The summed E-state index contributed by atoms with van der Waals surface area (Å²) in [7, 11) is 0. The van der Waals surface area contributed by atoms with E-state index >= 15 is 0 Å². The predicted octanol–water partition coefficient (Wildman–Crippen LogP) is 4.18. The zero-order valence-corrected chi connectivity index (χ0v) is 23.5. The summed E-state index contributed by atoms with van der Waals surface area (Å²) in [6.07, 6.45) is 1.63. The minimum atomic E-state index is -0.392. The second kappa shape index (κ2) is 10.8. The molecule has 0 bridgehead atoms. The van der Waals surface area contributed by atoms with Gasteiger partial charge in [0, 0.05) is 23.0 Å². The van der Waals surface area contributed by atoms with Crippen molar-refractivity contribution in [2.75, 3.05) is 32.9 Å². The van der Waals surface area contributed by atoms with Crippen LogP contribution in [-0.2, 0) is 14.9 Å². The summed E-state index contributed by atoms with van der Waals surface area (Å²) in [6.45, 7) is 8.27. The molecule has 2 aromatic carbocycles. The normalized spacial score (nSPS) is 14.6. The first-order valence-corrected chi connectivity index (χ1v) is 13.1. The molecule has 0 radical (unpaired) electrons. The van der Waals surface area contributed by atoms with E-state index in [2.05, 4.69) is 43.6 Å². The first-order chi connectivity index (χ1) is 16.6. The van der Waals surface area contributed by atoms with E-state index in [9.17, 15) is 9.59 Å². The quantitative estimate of drug-likeness (QED) is 0.305. The third-order valence-corrected chi connectivity index (χ3v) is 6.81. The van der Waals surface area contributed by atoms with Gasteiger partial charge in [-0.1, -0.05) is 36.7 Å². The van der Waals surface area contributed by atoms with Crippen LogP contribution < -0.4 is 10.3 Å². The van der Waals surface area contributed by atoms with E-state index in [0.717, 1.165) is 13.6 Å². The zero-order valence-electron chi connectivity index (χ0n) is 19.8. The summed E-state index contributed by atoms with van der Waals surface area (Å²) in [5.41, 5.74) is 0.810. The van der Waals surface area contributed by atoms with Gasteiger partial charge in [0.1, 0.15) is 11.6 Å². The fraction of sp³-hybridized carbons (Fsp3) is 0.360. The summed E-state index contributed by atoms with van der Waals surface area (Å²) in [4.78, 5) is 32.1. The maximum Gasteiger partial charge on any atom is 0.282 e. The summed E-state index contributed by atoms with van der Waals surface area (Å²) < 4.78 is 14.1. The van der Waals surface area contributed by atoms with Crippen LogP contribution in [0, 0.1) is 3.57 Å². The molecule has 35 heavy (non-hydrogen) atoms. The van der Waals surface area contributed by atoms with Crippen LogP contribution in [0.15, 0.2) is 50.8 Å². The predicted molar refractivity (Wildman–Crippen MR) is 147 cm³/mol. The Morgan fingerprint density at radius 2 is 1.97 bits per heavy atom. The van der Waals surface area contributed by atoms with E-state index in [1.807, 2.05) is 45.0 Å². The summed E-state index contributed by atoms with van der Waals surface area (Å²) >= 11 is 5.59. The molecule has 1 fully saturated rings. The van der Waals surface area contributed by atoms with Crippen LogP contribution in [0.5, 0.6) is 5.75 Å². The molecule has 0 saturated carbocycles. The summed E-state index contributed by atoms with van der Waals surface area (Å²) in [5.74, 6) is 1.14. The maximum atomic E-state index is 13.3. The van der Waals surface area contributed by atoms with Gasteiger partial charge in [0.2, 0.25) is 0 Å². The van der Waals surface area contributed by atoms with Crippen molar-refractivity contribution in [1.29, 1.82) is 0 Å². The van der Waals surface area contributed by atoms with Crippen LogP contribution in [0.25, 0.3) is 10.9 Å². The number of halogens is 2. The molecular formula is C25H26BrIN4O4. The van der Waals surface area contributed by atoms with Crippen molar-refractivity contribution in [2.24, 2.45) is 5.10 Å². The average Bonchev–Trinajstić information content (AvgIpc) is 2.83. The van der Waals surface area contributed by atoms with Gasteiger partial charge < -0.3 is 14.4 Å². The van der Waals surface area contributed by atoms with Crippen molar-refractivity contribution < 1.29 is 14.3 Å². The highest BCUT2D eigenvalue weighted by Gasteiger charge is 2.23. The molecule has 8 nitrogen and oxygen atoms in total. The molecule has 184 valence electrons. The molecule has 1 aromatic heterocycles. The number of morpholine rings is 1. The third-order valence-electron chi connectivity index (χ3n) is 5.47. The van der Waals surface area contributed by atoms with Gasteiger partial charge in [-0.15, -0.1) is 0 Å². The van der Waals surface area contributed by atoms with Gasteiger partial charge in [0.25, 0.3) is 11.5 Å². The number of hydrogen-bond acceptors (Lipinski definition) is 6. The molecular weight excluding hydrogens is 627 g/mol. The highest BCUT2D eigenvalue weighted by molar-refractivity contribution is 14.1. The topological polar surface area (TPSA) is 86.0 Å². The van der Waals surface area contributed by atoms with Gasteiger partial charge in [-0.05, 0) is 64.6 Å². The smallest absolute Gasteiger partial charge is 0.282 e. The van der Waals surface area contributed by atoms with E-state index in [1.165, 1.54) is 4.68 Å². The second-order valence-electron chi connectivity index (χ2n) is 9.18.